The predicted molar refractivity (Wildman–Crippen MR) is 96.2 cm³/mol. The Bertz CT molecular complexity index is 789. The number of aromatic nitrogens is 1. The summed E-state index contributed by atoms with van der Waals surface area (Å²) in [6.07, 6.45) is 0. The molecule has 0 fully saturated rings. The van der Waals surface area contributed by atoms with Crippen LogP contribution in [0, 0.1) is 13.8 Å². The molecule has 0 radical (unpaired) electrons. The predicted octanol–water partition coefficient (Wildman–Crippen LogP) is 3.15. The van der Waals surface area contributed by atoms with Crippen molar-refractivity contribution in [1.29, 1.82) is 0 Å². The molecule has 0 aliphatic rings. The molecule has 0 atom stereocenters. The van der Waals surface area contributed by atoms with Crippen LogP contribution in [-0.4, -0.2) is 30.2 Å². The Balaban J connectivity index is 1.77. The monoisotopic (exact) mass is 360 g/mol. The zero-order valence-electron chi connectivity index (χ0n) is 15.7. The van der Waals surface area contributed by atoms with Gasteiger partial charge in [0.1, 0.15) is 5.75 Å². The molecule has 0 unspecified atom stereocenters. The second kappa shape index (κ2) is 8.03. The van der Waals surface area contributed by atoms with Gasteiger partial charge >= 0.3 is 5.97 Å². The molecule has 2 aromatic rings. The highest BCUT2D eigenvalue weighted by Gasteiger charge is 2.20. The standard InChI is InChI=1S/C19H24N2O5/c1-12-7-6-8-14(13(12)2)24-11-18(23)25-10-16(22)20-17-9-15(21-26-17)19(3,4)5/h6-9H,10-11H2,1-5H3,(H,20,22). The Kier molecular flexibility index (Phi) is 6.02. The fourth-order valence-corrected chi connectivity index (χ4v) is 2.07. The van der Waals surface area contributed by atoms with Crippen molar-refractivity contribution in [3.8, 4) is 5.75 Å². The van der Waals surface area contributed by atoms with Crippen molar-refractivity contribution in [2.45, 2.75) is 40.0 Å². The smallest absolute Gasteiger partial charge is 0.344 e. The van der Waals surface area contributed by atoms with Gasteiger partial charge in [-0.05, 0) is 31.0 Å². The van der Waals surface area contributed by atoms with Crippen LogP contribution in [-0.2, 0) is 19.7 Å². The Labute approximate surface area is 152 Å². The van der Waals surface area contributed by atoms with Crippen LogP contribution in [0.15, 0.2) is 28.8 Å². The number of nitrogens with one attached hydrogen (secondary N) is 1. The summed E-state index contributed by atoms with van der Waals surface area (Å²) < 4.78 is 15.4. The number of carbonyl (C=O) groups is 2. The highest BCUT2D eigenvalue weighted by Crippen LogP contribution is 2.23. The van der Waals surface area contributed by atoms with Gasteiger partial charge in [-0.25, -0.2) is 4.79 Å². The fourth-order valence-electron chi connectivity index (χ4n) is 2.07. The molecule has 7 nitrogen and oxygen atoms in total. The molecule has 1 amide bonds. The van der Waals surface area contributed by atoms with Crippen LogP contribution in [0.5, 0.6) is 5.75 Å². The lowest BCUT2D eigenvalue weighted by molar-refractivity contribution is -0.149. The third kappa shape index (κ3) is 5.34. The molecule has 1 aromatic carbocycles. The summed E-state index contributed by atoms with van der Waals surface area (Å²) in [5.74, 6) is -0.318. The molecular formula is C19H24N2O5. The minimum Gasteiger partial charge on any atom is -0.482 e. The molecule has 7 heteroatoms. The van der Waals surface area contributed by atoms with Crippen molar-refractivity contribution < 1.29 is 23.6 Å². The quantitative estimate of drug-likeness (QED) is 0.796. The maximum absolute atomic E-state index is 11.8. The maximum Gasteiger partial charge on any atom is 0.344 e. The molecule has 0 aliphatic carbocycles. The van der Waals surface area contributed by atoms with Gasteiger partial charge in [0.25, 0.3) is 5.91 Å². The largest absolute Gasteiger partial charge is 0.482 e. The molecule has 140 valence electrons. The minimum atomic E-state index is -0.631. The van der Waals surface area contributed by atoms with Gasteiger partial charge in [0.15, 0.2) is 13.2 Å². The summed E-state index contributed by atoms with van der Waals surface area (Å²) in [5, 5.41) is 6.39. The first kappa shape index (κ1) is 19.5. The van der Waals surface area contributed by atoms with Gasteiger partial charge in [-0.2, -0.15) is 0 Å². The second-order valence-electron chi connectivity index (χ2n) is 7.02. The van der Waals surface area contributed by atoms with Crippen molar-refractivity contribution >= 4 is 17.8 Å². The average molecular weight is 360 g/mol. The van der Waals surface area contributed by atoms with Crippen LogP contribution in [0.4, 0.5) is 5.88 Å². The van der Waals surface area contributed by atoms with E-state index in [1.165, 1.54) is 0 Å². The summed E-state index contributed by atoms with van der Waals surface area (Å²) >= 11 is 0. The summed E-state index contributed by atoms with van der Waals surface area (Å²) in [4.78, 5) is 23.6. The number of hydrogen-bond acceptors (Lipinski definition) is 6. The highest BCUT2D eigenvalue weighted by molar-refractivity contribution is 5.91. The zero-order chi connectivity index (χ0) is 19.3. The number of esters is 1. The van der Waals surface area contributed by atoms with Gasteiger partial charge in [-0.15, -0.1) is 0 Å². The SMILES string of the molecule is Cc1cccc(OCC(=O)OCC(=O)Nc2cc(C(C)(C)C)no2)c1C. The first-order valence-corrected chi connectivity index (χ1v) is 8.28. The first-order valence-electron chi connectivity index (χ1n) is 8.28. The molecule has 0 aliphatic heterocycles. The van der Waals surface area contributed by atoms with E-state index in [0.29, 0.717) is 11.4 Å². The summed E-state index contributed by atoms with van der Waals surface area (Å²) in [5.41, 5.74) is 2.55. The minimum absolute atomic E-state index is 0.190. The Morgan fingerprint density at radius 2 is 1.92 bits per heavy atom. The zero-order valence-corrected chi connectivity index (χ0v) is 15.7. The van der Waals surface area contributed by atoms with Crippen LogP contribution in [0.3, 0.4) is 0 Å². The van der Waals surface area contributed by atoms with Crippen molar-refractivity contribution in [1.82, 2.24) is 5.16 Å². The molecule has 0 bridgehead atoms. The second-order valence-corrected chi connectivity index (χ2v) is 7.02. The third-order valence-corrected chi connectivity index (χ3v) is 3.81. The number of rotatable bonds is 6. The van der Waals surface area contributed by atoms with E-state index in [0.717, 1.165) is 11.1 Å². The summed E-state index contributed by atoms with van der Waals surface area (Å²) in [7, 11) is 0. The lowest BCUT2D eigenvalue weighted by Gasteiger charge is -2.12. The fraction of sp³-hybridized carbons (Fsp3) is 0.421. The summed E-state index contributed by atoms with van der Waals surface area (Å²) in [6.45, 7) is 9.11. The van der Waals surface area contributed by atoms with Crippen LogP contribution in [0.25, 0.3) is 0 Å². The number of amides is 1. The first-order chi connectivity index (χ1) is 12.2. The number of benzene rings is 1. The van der Waals surface area contributed by atoms with Gasteiger partial charge in [-0.3, -0.25) is 10.1 Å². The lowest BCUT2D eigenvalue weighted by Crippen LogP contribution is -2.23. The van der Waals surface area contributed by atoms with Crippen LogP contribution >= 0.6 is 0 Å². The number of nitrogens with zero attached hydrogens (tertiary/aromatic N) is 1. The van der Waals surface area contributed by atoms with E-state index in [2.05, 4.69) is 10.5 Å². The van der Waals surface area contributed by atoms with Gasteiger partial charge in [0.05, 0.1) is 5.69 Å². The van der Waals surface area contributed by atoms with Gasteiger partial charge < -0.3 is 14.0 Å². The van der Waals surface area contributed by atoms with Crippen molar-refractivity contribution in [2.24, 2.45) is 0 Å². The topological polar surface area (TPSA) is 90.7 Å². The Hall–Kier alpha value is -2.83. The maximum atomic E-state index is 11.8. The molecule has 0 saturated carbocycles. The highest BCUT2D eigenvalue weighted by atomic mass is 16.6. The molecule has 2 rings (SSSR count). The molecule has 1 N–H and O–H groups in total. The number of aryl methyl sites for hydroxylation is 1. The molecule has 1 aromatic heterocycles. The number of hydrogen-bond donors (Lipinski definition) is 1. The van der Waals surface area contributed by atoms with Gasteiger partial charge in [-0.1, -0.05) is 38.1 Å². The van der Waals surface area contributed by atoms with Crippen molar-refractivity contribution in [2.75, 3.05) is 18.5 Å². The van der Waals surface area contributed by atoms with Crippen LogP contribution in [0.1, 0.15) is 37.6 Å². The lowest BCUT2D eigenvalue weighted by atomic mass is 9.92. The van der Waals surface area contributed by atoms with E-state index in [-0.39, 0.29) is 17.9 Å². The Morgan fingerprint density at radius 1 is 1.19 bits per heavy atom. The normalized spacial score (nSPS) is 11.1. The molecule has 0 saturated heterocycles. The molecular weight excluding hydrogens is 336 g/mol. The van der Waals surface area contributed by atoms with E-state index in [4.69, 9.17) is 14.0 Å². The van der Waals surface area contributed by atoms with Crippen molar-refractivity contribution in [3.05, 3.63) is 41.1 Å². The van der Waals surface area contributed by atoms with Gasteiger partial charge in [0, 0.05) is 11.5 Å². The number of carbonyl (C=O) groups excluding carboxylic acids is 2. The Morgan fingerprint density at radius 3 is 2.58 bits per heavy atom. The molecule has 0 spiro atoms. The van der Waals surface area contributed by atoms with Gasteiger partial charge in [0.2, 0.25) is 5.88 Å². The van der Waals surface area contributed by atoms with E-state index in [1.807, 2.05) is 46.8 Å². The average Bonchev–Trinajstić information content (AvgIpc) is 3.03. The van der Waals surface area contributed by atoms with Crippen LogP contribution in [0.2, 0.25) is 0 Å². The number of ether oxygens (including phenoxy) is 2. The van der Waals surface area contributed by atoms with Crippen LogP contribution < -0.4 is 10.1 Å². The molecule has 1 heterocycles. The third-order valence-electron chi connectivity index (χ3n) is 3.81. The molecule has 26 heavy (non-hydrogen) atoms. The van der Waals surface area contributed by atoms with E-state index in [9.17, 15) is 9.59 Å². The van der Waals surface area contributed by atoms with E-state index in [1.54, 1.807) is 12.1 Å². The van der Waals surface area contributed by atoms with E-state index < -0.39 is 18.5 Å². The van der Waals surface area contributed by atoms with Crippen molar-refractivity contribution in [3.63, 3.8) is 0 Å². The number of anilines is 1. The van der Waals surface area contributed by atoms with E-state index >= 15 is 0 Å². The summed E-state index contributed by atoms with van der Waals surface area (Å²) in [6, 6.07) is 7.22.